The molecule has 0 spiro atoms. The number of nitrogen functional groups attached to an aromatic ring is 1. The minimum absolute atomic E-state index is 0.00636. The summed E-state index contributed by atoms with van der Waals surface area (Å²) in [6.07, 6.45) is 2.25. The third kappa shape index (κ3) is 4.02. The fourth-order valence-corrected chi connectivity index (χ4v) is 4.47. The third-order valence-electron chi connectivity index (χ3n) is 6.09. The van der Waals surface area contributed by atoms with E-state index in [4.69, 9.17) is 10.5 Å². The van der Waals surface area contributed by atoms with Crippen LogP contribution in [0.5, 0.6) is 11.5 Å². The van der Waals surface area contributed by atoms with Crippen molar-refractivity contribution in [3.05, 3.63) is 70.9 Å². The molecule has 5 rings (SSSR count). The van der Waals surface area contributed by atoms with E-state index in [0.717, 1.165) is 30.8 Å². The van der Waals surface area contributed by atoms with Gasteiger partial charge in [-0.15, -0.1) is 5.92 Å². The van der Waals surface area contributed by atoms with Crippen LogP contribution >= 0.6 is 0 Å². The summed E-state index contributed by atoms with van der Waals surface area (Å²) in [5.74, 6) is 7.75. The molecule has 2 aromatic heterocycles. The lowest BCUT2D eigenvalue weighted by Crippen LogP contribution is -2.29. The SMILES string of the molecule is CC#CCN1CC[C@@H](n2c(=O)n(-c3ccc(Oc4cccc(C)c4)cc3)c3c(N)ncnc32)C1. The zero-order valence-electron chi connectivity index (χ0n) is 19.2. The van der Waals surface area contributed by atoms with Crippen molar-refractivity contribution >= 4 is 17.0 Å². The van der Waals surface area contributed by atoms with Crippen LogP contribution in [0.15, 0.2) is 59.7 Å². The molecule has 172 valence electrons. The van der Waals surface area contributed by atoms with Crippen molar-refractivity contribution in [1.82, 2.24) is 24.0 Å². The molecule has 0 amide bonds. The van der Waals surface area contributed by atoms with E-state index in [-0.39, 0.29) is 17.5 Å². The molecule has 0 unspecified atom stereocenters. The van der Waals surface area contributed by atoms with E-state index in [1.165, 1.54) is 6.33 Å². The van der Waals surface area contributed by atoms with E-state index in [1.807, 2.05) is 62.4 Å². The number of rotatable bonds is 5. The lowest BCUT2D eigenvalue weighted by Gasteiger charge is -2.13. The van der Waals surface area contributed by atoms with Gasteiger partial charge < -0.3 is 10.5 Å². The van der Waals surface area contributed by atoms with Crippen LogP contribution < -0.4 is 16.2 Å². The number of anilines is 1. The highest BCUT2D eigenvalue weighted by molar-refractivity contribution is 5.84. The molecule has 34 heavy (non-hydrogen) atoms. The molecular formula is C26H26N6O2. The Hall–Kier alpha value is -4.09. The predicted octanol–water partition coefficient (Wildman–Crippen LogP) is 3.54. The molecule has 2 N–H and O–H groups in total. The van der Waals surface area contributed by atoms with E-state index in [1.54, 1.807) is 9.13 Å². The van der Waals surface area contributed by atoms with Crippen LogP contribution in [0.4, 0.5) is 5.82 Å². The molecule has 0 saturated carbocycles. The van der Waals surface area contributed by atoms with Gasteiger partial charge in [-0.2, -0.15) is 0 Å². The zero-order chi connectivity index (χ0) is 23.7. The van der Waals surface area contributed by atoms with Crippen molar-refractivity contribution in [2.45, 2.75) is 26.3 Å². The fourth-order valence-electron chi connectivity index (χ4n) is 4.47. The first-order valence-corrected chi connectivity index (χ1v) is 11.3. The smallest absolute Gasteiger partial charge is 0.335 e. The largest absolute Gasteiger partial charge is 0.457 e. The number of hydrogen-bond acceptors (Lipinski definition) is 6. The summed E-state index contributed by atoms with van der Waals surface area (Å²) >= 11 is 0. The summed E-state index contributed by atoms with van der Waals surface area (Å²) in [6, 6.07) is 15.2. The number of imidazole rings is 1. The van der Waals surface area contributed by atoms with Gasteiger partial charge in [0.25, 0.3) is 0 Å². The second-order valence-electron chi connectivity index (χ2n) is 8.44. The highest BCUT2D eigenvalue weighted by Gasteiger charge is 2.29. The number of benzene rings is 2. The van der Waals surface area contributed by atoms with Gasteiger partial charge in [0.2, 0.25) is 0 Å². The lowest BCUT2D eigenvalue weighted by atomic mass is 10.2. The quantitative estimate of drug-likeness (QED) is 0.464. The van der Waals surface area contributed by atoms with E-state index in [0.29, 0.717) is 29.1 Å². The van der Waals surface area contributed by atoms with Gasteiger partial charge >= 0.3 is 5.69 Å². The van der Waals surface area contributed by atoms with Gasteiger partial charge in [-0.1, -0.05) is 18.1 Å². The first-order chi connectivity index (χ1) is 16.5. The number of hydrogen-bond donors (Lipinski definition) is 1. The number of aromatic nitrogens is 4. The molecule has 0 radical (unpaired) electrons. The number of ether oxygens (including phenoxy) is 1. The Kier molecular flexibility index (Phi) is 5.78. The van der Waals surface area contributed by atoms with Crippen molar-refractivity contribution in [3.8, 4) is 29.0 Å². The molecule has 0 aliphatic carbocycles. The maximum Gasteiger partial charge on any atom is 0.335 e. The minimum Gasteiger partial charge on any atom is -0.457 e. The summed E-state index contributed by atoms with van der Waals surface area (Å²) in [7, 11) is 0. The summed E-state index contributed by atoms with van der Waals surface area (Å²) in [6.45, 7) is 6.17. The molecule has 3 heterocycles. The monoisotopic (exact) mass is 454 g/mol. The second kappa shape index (κ2) is 9.04. The van der Waals surface area contributed by atoms with Gasteiger partial charge in [-0.05, 0) is 62.2 Å². The van der Waals surface area contributed by atoms with Crippen LogP contribution in [0.1, 0.15) is 24.9 Å². The molecule has 8 heteroatoms. The Labute approximate surface area is 197 Å². The summed E-state index contributed by atoms with van der Waals surface area (Å²) in [4.78, 5) is 24.5. The van der Waals surface area contributed by atoms with Gasteiger partial charge in [0.1, 0.15) is 23.3 Å². The fraction of sp³-hybridized carbons (Fsp3) is 0.269. The van der Waals surface area contributed by atoms with Crippen LogP contribution in [0.2, 0.25) is 0 Å². The maximum atomic E-state index is 13.7. The number of nitrogens with zero attached hydrogens (tertiary/aromatic N) is 5. The van der Waals surface area contributed by atoms with Crippen LogP contribution in [0.25, 0.3) is 16.9 Å². The van der Waals surface area contributed by atoms with E-state index >= 15 is 0 Å². The number of likely N-dealkylation sites (tertiary alicyclic amines) is 1. The predicted molar refractivity (Wildman–Crippen MR) is 132 cm³/mol. The van der Waals surface area contributed by atoms with Gasteiger partial charge in [0.15, 0.2) is 11.5 Å². The lowest BCUT2D eigenvalue weighted by molar-refractivity contribution is 0.362. The average molecular weight is 455 g/mol. The molecule has 1 saturated heterocycles. The van der Waals surface area contributed by atoms with E-state index in [2.05, 4.69) is 26.7 Å². The summed E-state index contributed by atoms with van der Waals surface area (Å²) in [5, 5.41) is 0. The average Bonchev–Trinajstić information content (AvgIpc) is 3.40. The molecule has 1 aliphatic heterocycles. The maximum absolute atomic E-state index is 13.7. The molecule has 1 aliphatic rings. The van der Waals surface area contributed by atoms with E-state index in [9.17, 15) is 4.79 Å². The number of aryl methyl sites for hydroxylation is 1. The van der Waals surface area contributed by atoms with Gasteiger partial charge in [-0.25, -0.2) is 14.8 Å². The molecule has 0 bridgehead atoms. The molecule has 2 aromatic carbocycles. The molecule has 8 nitrogen and oxygen atoms in total. The topological polar surface area (TPSA) is 91.2 Å². The zero-order valence-corrected chi connectivity index (χ0v) is 19.2. The van der Waals surface area contributed by atoms with Crippen LogP contribution in [0.3, 0.4) is 0 Å². The Morgan fingerprint density at radius 1 is 1.15 bits per heavy atom. The standard InChI is InChI=1S/C26H26N6O2/c1-3-4-13-30-14-12-20(16-30)32-25-23(24(27)28-17-29-25)31(26(32)33)19-8-10-21(11-9-19)34-22-7-5-6-18(2)15-22/h5-11,15,17,20H,12-14,16H2,1-2H3,(H2,27,28,29)/t20-/m1/s1. The summed E-state index contributed by atoms with van der Waals surface area (Å²) < 4.78 is 9.31. The molecule has 4 aromatic rings. The Morgan fingerprint density at radius 3 is 2.74 bits per heavy atom. The number of fused-ring (bicyclic) bond motifs is 1. The van der Waals surface area contributed by atoms with Crippen molar-refractivity contribution in [2.75, 3.05) is 25.4 Å². The summed E-state index contributed by atoms with van der Waals surface area (Å²) in [5.41, 5.74) is 8.93. The Balaban J connectivity index is 1.52. The second-order valence-corrected chi connectivity index (χ2v) is 8.44. The van der Waals surface area contributed by atoms with Crippen LogP contribution in [-0.2, 0) is 0 Å². The van der Waals surface area contributed by atoms with Crippen molar-refractivity contribution in [3.63, 3.8) is 0 Å². The van der Waals surface area contributed by atoms with Gasteiger partial charge in [-0.3, -0.25) is 14.0 Å². The van der Waals surface area contributed by atoms with Crippen LogP contribution in [0, 0.1) is 18.8 Å². The highest BCUT2D eigenvalue weighted by atomic mass is 16.5. The van der Waals surface area contributed by atoms with E-state index < -0.39 is 0 Å². The first kappa shape index (κ1) is 21.7. The highest BCUT2D eigenvalue weighted by Crippen LogP contribution is 2.28. The van der Waals surface area contributed by atoms with Crippen molar-refractivity contribution < 1.29 is 4.74 Å². The molecular weight excluding hydrogens is 428 g/mol. The molecule has 1 fully saturated rings. The Morgan fingerprint density at radius 2 is 1.97 bits per heavy atom. The Bertz CT molecular complexity index is 1460. The minimum atomic E-state index is -0.178. The number of nitrogens with two attached hydrogens (primary N) is 1. The normalized spacial score (nSPS) is 15.9. The van der Waals surface area contributed by atoms with Gasteiger partial charge in [0.05, 0.1) is 18.3 Å². The van der Waals surface area contributed by atoms with Crippen molar-refractivity contribution in [2.24, 2.45) is 0 Å². The third-order valence-corrected chi connectivity index (χ3v) is 6.09. The first-order valence-electron chi connectivity index (χ1n) is 11.3. The van der Waals surface area contributed by atoms with Gasteiger partial charge in [0, 0.05) is 13.1 Å². The molecule has 1 atom stereocenters. The van der Waals surface area contributed by atoms with Crippen LogP contribution in [-0.4, -0.2) is 43.6 Å². The van der Waals surface area contributed by atoms with Crippen molar-refractivity contribution in [1.29, 1.82) is 0 Å².